The summed E-state index contributed by atoms with van der Waals surface area (Å²) in [7, 11) is 0. The standard InChI is InChI=1S/C12H18OS/c1-10(8-13)11(2)14-9-12-6-4-3-5-7-12/h3-7,10-11,13H,8-9H2,1-2H3. The fourth-order valence-corrected chi connectivity index (χ4v) is 2.18. The molecule has 1 rings (SSSR count). The third kappa shape index (κ3) is 3.72. The molecule has 0 spiro atoms. The first-order valence-electron chi connectivity index (χ1n) is 5.00. The maximum Gasteiger partial charge on any atom is 0.0467 e. The van der Waals surface area contributed by atoms with Gasteiger partial charge in [-0.25, -0.2) is 0 Å². The highest BCUT2D eigenvalue weighted by Gasteiger charge is 2.10. The van der Waals surface area contributed by atoms with Gasteiger partial charge < -0.3 is 5.11 Å². The van der Waals surface area contributed by atoms with Crippen molar-refractivity contribution in [2.75, 3.05) is 6.61 Å². The molecular formula is C12H18OS. The van der Waals surface area contributed by atoms with E-state index < -0.39 is 0 Å². The number of aliphatic hydroxyl groups is 1. The Morgan fingerprint density at radius 2 is 1.86 bits per heavy atom. The number of hydrogen-bond acceptors (Lipinski definition) is 2. The average Bonchev–Trinajstić information content (AvgIpc) is 2.26. The summed E-state index contributed by atoms with van der Waals surface area (Å²) in [5.74, 6) is 1.41. The molecule has 14 heavy (non-hydrogen) atoms. The number of thioether (sulfide) groups is 1. The van der Waals surface area contributed by atoms with Gasteiger partial charge in [-0.3, -0.25) is 0 Å². The fourth-order valence-electron chi connectivity index (χ4n) is 1.11. The molecule has 1 aromatic carbocycles. The summed E-state index contributed by atoms with van der Waals surface area (Å²) in [5.41, 5.74) is 1.36. The molecule has 0 aromatic heterocycles. The van der Waals surface area contributed by atoms with Crippen molar-refractivity contribution in [1.82, 2.24) is 0 Å². The third-order valence-corrected chi connectivity index (χ3v) is 3.94. The van der Waals surface area contributed by atoms with Crippen molar-refractivity contribution in [2.45, 2.75) is 24.9 Å². The lowest BCUT2D eigenvalue weighted by Crippen LogP contribution is -2.14. The van der Waals surface area contributed by atoms with Crippen LogP contribution in [0.2, 0.25) is 0 Å². The van der Waals surface area contributed by atoms with Crippen molar-refractivity contribution in [2.24, 2.45) is 5.92 Å². The number of rotatable bonds is 5. The Kier molecular flexibility index (Phi) is 5.05. The zero-order chi connectivity index (χ0) is 10.4. The van der Waals surface area contributed by atoms with Gasteiger partial charge in [-0.15, -0.1) is 0 Å². The summed E-state index contributed by atoms with van der Waals surface area (Å²) < 4.78 is 0. The Bertz CT molecular complexity index is 248. The number of benzene rings is 1. The van der Waals surface area contributed by atoms with E-state index in [0.29, 0.717) is 11.2 Å². The van der Waals surface area contributed by atoms with Crippen molar-refractivity contribution in [3.63, 3.8) is 0 Å². The van der Waals surface area contributed by atoms with Gasteiger partial charge in [0.05, 0.1) is 0 Å². The molecule has 0 aliphatic heterocycles. The van der Waals surface area contributed by atoms with Crippen LogP contribution in [0.4, 0.5) is 0 Å². The van der Waals surface area contributed by atoms with Crippen LogP contribution in [0.15, 0.2) is 30.3 Å². The Labute approximate surface area is 90.5 Å². The molecule has 0 saturated heterocycles. The van der Waals surface area contributed by atoms with Gasteiger partial charge >= 0.3 is 0 Å². The molecule has 0 aliphatic rings. The zero-order valence-corrected chi connectivity index (χ0v) is 9.63. The Morgan fingerprint density at radius 3 is 2.43 bits per heavy atom. The van der Waals surface area contributed by atoms with E-state index in [1.807, 2.05) is 17.8 Å². The van der Waals surface area contributed by atoms with Crippen LogP contribution in [0.1, 0.15) is 19.4 Å². The van der Waals surface area contributed by atoms with Gasteiger partial charge in [-0.1, -0.05) is 44.2 Å². The number of aliphatic hydroxyl groups excluding tert-OH is 1. The van der Waals surface area contributed by atoms with Gasteiger partial charge in [0.15, 0.2) is 0 Å². The highest BCUT2D eigenvalue weighted by atomic mass is 32.2. The molecule has 0 aliphatic carbocycles. The second-order valence-corrected chi connectivity index (χ2v) is 5.03. The summed E-state index contributed by atoms with van der Waals surface area (Å²) in [6, 6.07) is 10.5. The van der Waals surface area contributed by atoms with Crippen LogP contribution in [0.3, 0.4) is 0 Å². The van der Waals surface area contributed by atoms with Crippen molar-refractivity contribution in [3.05, 3.63) is 35.9 Å². The highest BCUT2D eigenvalue weighted by molar-refractivity contribution is 7.99. The van der Waals surface area contributed by atoms with Gasteiger partial charge in [-0.05, 0) is 11.5 Å². The molecule has 0 heterocycles. The SMILES string of the molecule is CC(CO)C(C)SCc1ccccc1. The molecule has 2 atom stereocenters. The van der Waals surface area contributed by atoms with Crippen molar-refractivity contribution in [1.29, 1.82) is 0 Å². The summed E-state index contributed by atoms with van der Waals surface area (Å²) >= 11 is 1.90. The molecule has 2 unspecified atom stereocenters. The normalized spacial score (nSPS) is 15.1. The van der Waals surface area contributed by atoms with Crippen LogP contribution in [0.5, 0.6) is 0 Å². The topological polar surface area (TPSA) is 20.2 Å². The molecule has 0 fully saturated rings. The van der Waals surface area contributed by atoms with Crippen LogP contribution in [-0.2, 0) is 5.75 Å². The third-order valence-electron chi connectivity index (χ3n) is 2.45. The number of hydrogen-bond donors (Lipinski definition) is 1. The molecule has 78 valence electrons. The second-order valence-electron chi connectivity index (χ2n) is 3.66. The van der Waals surface area contributed by atoms with Gasteiger partial charge in [0, 0.05) is 17.6 Å². The summed E-state index contributed by atoms with van der Waals surface area (Å²) in [6.45, 7) is 4.54. The smallest absolute Gasteiger partial charge is 0.0467 e. The molecule has 0 saturated carbocycles. The van der Waals surface area contributed by atoms with Crippen molar-refractivity contribution >= 4 is 11.8 Å². The lowest BCUT2D eigenvalue weighted by molar-refractivity contribution is 0.237. The molecule has 0 bridgehead atoms. The predicted molar refractivity (Wildman–Crippen MR) is 63.4 cm³/mol. The lowest BCUT2D eigenvalue weighted by atomic mass is 10.1. The lowest BCUT2D eigenvalue weighted by Gasteiger charge is -2.16. The minimum absolute atomic E-state index is 0.281. The van der Waals surface area contributed by atoms with Crippen LogP contribution >= 0.6 is 11.8 Å². The van der Waals surface area contributed by atoms with Gasteiger partial charge in [0.25, 0.3) is 0 Å². The van der Waals surface area contributed by atoms with Crippen LogP contribution in [-0.4, -0.2) is 17.0 Å². The van der Waals surface area contributed by atoms with Gasteiger partial charge in [0.1, 0.15) is 0 Å². The first-order valence-corrected chi connectivity index (χ1v) is 6.05. The molecule has 1 nitrogen and oxygen atoms in total. The van der Waals surface area contributed by atoms with E-state index in [1.54, 1.807) is 0 Å². The van der Waals surface area contributed by atoms with E-state index in [4.69, 9.17) is 5.11 Å². The van der Waals surface area contributed by atoms with E-state index in [-0.39, 0.29) is 6.61 Å². The molecular weight excluding hydrogens is 192 g/mol. The largest absolute Gasteiger partial charge is 0.396 e. The second kappa shape index (κ2) is 6.10. The summed E-state index contributed by atoms with van der Waals surface area (Å²) in [6.07, 6.45) is 0. The monoisotopic (exact) mass is 210 g/mol. The average molecular weight is 210 g/mol. The van der Waals surface area contributed by atoms with E-state index in [0.717, 1.165) is 5.75 Å². The Balaban J connectivity index is 2.34. The van der Waals surface area contributed by atoms with Crippen molar-refractivity contribution < 1.29 is 5.11 Å². The minimum Gasteiger partial charge on any atom is -0.396 e. The predicted octanol–water partition coefficient (Wildman–Crippen LogP) is 2.94. The summed E-state index contributed by atoms with van der Waals surface area (Å²) in [4.78, 5) is 0. The van der Waals surface area contributed by atoms with Gasteiger partial charge in [-0.2, -0.15) is 11.8 Å². The minimum atomic E-state index is 0.281. The Morgan fingerprint density at radius 1 is 1.21 bits per heavy atom. The quantitative estimate of drug-likeness (QED) is 0.806. The Hall–Kier alpha value is -0.470. The van der Waals surface area contributed by atoms with Gasteiger partial charge in [0.2, 0.25) is 0 Å². The summed E-state index contributed by atoms with van der Waals surface area (Å²) in [5, 5.41) is 9.50. The van der Waals surface area contributed by atoms with E-state index in [9.17, 15) is 0 Å². The van der Waals surface area contributed by atoms with E-state index in [2.05, 4.69) is 38.1 Å². The maximum absolute atomic E-state index is 8.99. The molecule has 1 aromatic rings. The molecule has 1 N–H and O–H groups in total. The zero-order valence-electron chi connectivity index (χ0n) is 8.81. The fraction of sp³-hybridized carbons (Fsp3) is 0.500. The maximum atomic E-state index is 8.99. The van der Waals surface area contributed by atoms with E-state index in [1.165, 1.54) is 5.56 Å². The molecule has 0 radical (unpaired) electrons. The highest BCUT2D eigenvalue weighted by Crippen LogP contribution is 2.22. The van der Waals surface area contributed by atoms with Crippen LogP contribution < -0.4 is 0 Å². The van der Waals surface area contributed by atoms with Crippen LogP contribution in [0, 0.1) is 5.92 Å². The van der Waals surface area contributed by atoms with E-state index >= 15 is 0 Å². The van der Waals surface area contributed by atoms with Crippen molar-refractivity contribution in [3.8, 4) is 0 Å². The van der Waals surface area contributed by atoms with Crippen LogP contribution in [0.25, 0.3) is 0 Å². The first-order chi connectivity index (χ1) is 6.74. The first kappa shape index (κ1) is 11.6. The molecule has 2 heteroatoms. The molecule has 0 amide bonds.